The van der Waals surface area contributed by atoms with Crippen LogP contribution in [0, 0.1) is 0 Å². The molecule has 0 spiro atoms. The number of aromatic nitrogens is 4. The maximum absolute atomic E-state index is 4.68. The van der Waals surface area contributed by atoms with Crippen molar-refractivity contribution in [2.24, 2.45) is 0 Å². The molecular weight excluding hydrogens is 262 g/mol. The van der Waals surface area contributed by atoms with Crippen molar-refractivity contribution in [3.63, 3.8) is 0 Å². The largest absolute Gasteiger partial charge is 0.343 e. The number of hydrogen-bond acceptors (Lipinski definition) is 6. The number of thiophene rings is 1. The van der Waals surface area contributed by atoms with E-state index < -0.39 is 0 Å². The molecule has 0 aliphatic carbocycles. The number of H-pyrrole nitrogens is 1. The monoisotopic (exact) mass is 275 g/mol. The molecule has 0 aliphatic rings. The molecule has 0 atom stereocenters. The highest BCUT2D eigenvalue weighted by atomic mass is 32.1. The third-order valence-electron chi connectivity index (χ3n) is 2.73. The number of nitrogens with zero attached hydrogens (tertiary/aromatic N) is 3. The van der Waals surface area contributed by atoms with Crippen molar-refractivity contribution in [3.05, 3.63) is 41.5 Å². The predicted octanol–water partition coefficient (Wildman–Crippen LogP) is 1.85. The lowest BCUT2D eigenvalue weighted by Crippen LogP contribution is -2.17. The van der Waals surface area contributed by atoms with Gasteiger partial charge in [0.2, 0.25) is 6.39 Å². The molecule has 3 aromatic rings. The Morgan fingerprint density at radius 3 is 3.21 bits per heavy atom. The molecule has 19 heavy (non-hydrogen) atoms. The molecular formula is C12H13N5OS. The fourth-order valence-corrected chi connectivity index (χ4v) is 2.56. The van der Waals surface area contributed by atoms with Gasteiger partial charge in [0, 0.05) is 25.1 Å². The van der Waals surface area contributed by atoms with E-state index in [4.69, 9.17) is 0 Å². The molecule has 2 N–H and O–H groups in total. The Hall–Kier alpha value is -1.99. The van der Waals surface area contributed by atoms with E-state index in [2.05, 4.69) is 41.6 Å². The van der Waals surface area contributed by atoms with Crippen LogP contribution in [0.5, 0.6) is 0 Å². The van der Waals surface area contributed by atoms with Crippen LogP contribution in [0.2, 0.25) is 0 Å². The summed E-state index contributed by atoms with van der Waals surface area (Å²) >= 11 is 1.70. The zero-order valence-electron chi connectivity index (χ0n) is 10.2. The van der Waals surface area contributed by atoms with Gasteiger partial charge in [-0.2, -0.15) is 10.1 Å². The molecule has 0 aromatic carbocycles. The smallest absolute Gasteiger partial charge is 0.213 e. The predicted molar refractivity (Wildman–Crippen MR) is 71.6 cm³/mol. The number of hydrogen-bond donors (Lipinski definition) is 2. The normalized spacial score (nSPS) is 10.9. The summed E-state index contributed by atoms with van der Waals surface area (Å²) in [5.41, 5.74) is 2.25. The van der Waals surface area contributed by atoms with Gasteiger partial charge >= 0.3 is 0 Å². The van der Waals surface area contributed by atoms with Gasteiger partial charge in [-0.25, -0.2) is 0 Å². The van der Waals surface area contributed by atoms with Crippen LogP contribution in [0.4, 0.5) is 0 Å². The second kappa shape index (κ2) is 5.77. The SMILES string of the molecule is c1csc(-c2[nH]ncc2CNCCc2ncon2)c1. The fourth-order valence-electron chi connectivity index (χ4n) is 1.81. The van der Waals surface area contributed by atoms with Crippen molar-refractivity contribution < 1.29 is 4.52 Å². The molecule has 7 heteroatoms. The van der Waals surface area contributed by atoms with Gasteiger partial charge in [-0.15, -0.1) is 11.3 Å². The first-order chi connectivity index (χ1) is 9.43. The first-order valence-corrected chi connectivity index (χ1v) is 6.83. The van der Waals surface area contributed by atoms with Crippen LogP contribution in [0.25, 0.3) is 10.6 Å². The number of aromatic amines is 1. The summed E-state index contributed by atoms with van der Waals surface area (Å²) in [6, 6.07) is 4.12. The van der Waals surface area contributed by atoms with Crippen LogP contribution in [-0.4, -0.2) is 26.9 Å². The molecule has 0 amide bonds. The Balaban J connectivity index is 1.55. The Bertz CT molecular complexity index is 602. The van der Waals surface area contributed by atoms with Crippen molar-refractivity contribution in [2.45, 2.75) is 13.0 Å². The topological polar surface area (TPSA) is 79.6 Å². The highest BCUT2D eigenvalue weighted by Gasteiger charge is 2.08. The van der Waals surface area contributed by atoms with Crippen LogP contribution < -0.4 is 5.32 Å². The molecule has 0 saturated heterocycles. The fraction of sp³-hybridized carbons (Fsp3) is 0.250. The van der Waals surface area contributed by atoms with E-state index in [9.17, 15) is 0 Å². The Labute approximate surface area is 113 Å². The van der Waals surface area contributed by atoms with Crippen LogP contribution in [0.15, 0.2) is 34.6 Å². The first-order valence-electron chi connectivity index (χ1n) is 5.95. The molecule has 0 saturated carbocycles. The second-order valence-corrected chi connectivity index (χ2v) is 4.97. The summed E-state index contributed by atoms with van der Waals surface area (Å²) in [5, 5.41) is 16.3. The minimum atomic E-state index is 0.721. The summed E-state index contributed by atoms with van der Waals surface area (Å²) in [7, 11) is 0. The molecule has 6 nitrogen and oxygen atoms in total. The molecule has 0 radical (unpaired) electrons. The average Bonchev–Trinajstić information content (AvgIpc) is 3.15. The Morgan fingerprint density at radius 1 is 1.42 bits per heavy atom. The molecule has 3 rings (SSSR count). The summed E-state index contributed by atoms with van der Waals surface area (Å²) < 4.78 is 4.68. The maximum Gasteiger partial charge on any atom is 0.213 e. The highest BCUT2D eigenvalue weighted by Crippen LogP contribution is 2.25. The summed E-state index contributed by atoms with van der Waals surface area (Å²) in [5.74, 6) is 0.721. The van der Waals surface area contributed by atoms with Gasteiger partial charge in [-0.1, -0.05) is 11.2 Å². The van der Waals surface area contributed by atoms with Gasteiger partial charge in [0.25, 0.3) is 0 Å². The van der Waals surface area contributed by atoms with Crippen LogP contribution in [0.3, 0.4) is 0 Å². The lowest BCUT2D eigenvalue weighted by Gasteiger charge is -2.03. The number of rotatable bonds is 6. The zero-order valence-corrected chi connectivity index (χ0v) is 11.0. The third-order valence-corrected chi connectivity index (χ3v) is 3.62. The van der Waals surface area contributed by atoms with Crippen LogP contribution in [0.1, 0.15) is 11.4 Å². The van der Waals surface area contributed by atoms with Gasteiger partial charge in [0.15, 0.2) is 5.82 Å². The van der Waals surface area contributed by atoms with E-state index in [0.717, 1.165) is 36.6 Å². The highest BCUT2D eigenvalue weighted by molar-refractivity contribution is 7.13. The van der Waals surface area contributed by atoms with E-state index in [-0.39, 0.29) is 0 Å². The molecule has 0 bridgehead atoms. The summed E-state index contributed by atoms with van der Waals surface area (Å²) in [4.78, 5) is 5.18. The first kappa shape index (κ1) is 12.1. The quantitative estimate of drug-likeness (QED) is 0.671. The minimum absolute atomic E-state index is 0.721. The van der Waals surface area contributed by atoms with Crippen molar-refractivity contribution in [2.75, 3.05) is 6.54 Å². The second-order valence-electron chi connectivity index (χ2n) is 4.02. The summed E-state index contributed by atoms with van der Waals surface area (Å²) in [6.07, 6.45) is 3.96. The van der Waals surface area contributed by atoms with Crippen LogP contribution >= 0.6 is 11.3 Å². The van der Waals surface area contributed by atoms with Crippen LogP contribution in [-0.2, 0) is 13.0 Å². The lowest BCUT2D eigenvalue weighted by atomic mass is 10.2. The molecule has 0 unspecified atom stereocenters. The van der Waals surface area contributed by atoms with Gasteiger partial charge < -0.3 is 9.84 Å². The standard InChI is InChI=1S/C12H13N5OS/c1-2-10(19-5-1)12-9(7-15-16-12)6-13-4-3-11-14-8-18-17-11/h1-2,5,7-8,13H,3-4,6H2,(H,15,16). The van der Waals surface area contributed by atoms with Crippen molar-refractivity contribution in [1.82, 2.24) is 25.7 Å². The molecule has 98 valence electrons. The lowest BCUT2D eigenvalue weighted by molar-refractivity contribution is 0.409. The number of nitrogens with one attached hydrogen (secondary N) is 2. The van der Waals surface area contributed by atoms with E-state index in [1.54, 1.807) is 11.3 Å². The molecule has 0 aliphatic heterocycles. The summed E-state index contributed by atoms with van der Waals surface area (Å²) in [6.45, 7) is 1.57. The molecule has 3 aromatic heterocycles. The zero-order chi connectivity index (χ0) is 12.9. The van der Waals surface area contributed by atoms with Gasteiger partial charge in [0.1, 0.15) is 0 Å². The molecule has 0 fully saturated rings. The van der Waals surface area contributed by atoms with E-state index in [1.807, 2.05) is 12.3 Å². The Kier molecular flexibility index (Phi) is 3.66. The molecule has 3 heterocycles. The van der Waals surface area contributed by atoms with Crippen molar-refractivity contribution in [3.8, 4) is 10.6 Å². The minimum Gasteiger partial charge on any atom is -0.343 e. The van der Waals surface area contributed by atoms with Crippen molar-refractivity contribution >= 4 is 11.3 Å². The van der Waals surface area contributed by atoms with E-state index in [1.165, 1.54) is 11.3 Å². The van der Waals surface area contributed by atoms with E-state index >= 15 is 0 Å². The maximum atomic E-state index is 4.68. The third kappa shape index (κ3) is 2.88. The van der Waals surface area contributed by atoms with Gasteiger partial charge in [-0.05, 0) is 11.4 Å². The van der Waals surface area contributed by atoms with E-state index in [0.29, 0.717) is 0 Å². The Morgan fingerprint density at radius 2 is 2.42 bits per heavy atom. The van der Waals surface area contributed by atoms with Gasteiger partial charge in [0.05, 0.1) is 16.8 Å². The van der Waals surface area contributed by atoms with Crippen molar-refractivity contribution in [1.29, 1.82) is 0 Å². The average molecular weight is 275 g/mol. The van der Waals surface area contributed by atoms with Gasteiger partial charge in [-0.3, -0.25) is 5.10 Å².